The molecule has 0 N–H and O–H groups in total. The van der Waals surface area contributed by atoms with Crippen molar-refractivity contribution in [2.75, 3.05) is 18.0 Å². The van der Waals surface area contributed by atoms with Gasteiger partial charge in [0.1, 0.15) is 4.21 Å². The van der Waals surface area contributed by atoms with E-state index in [1.54, 1.807) is 11.0 Å². The van der Waals surface area contributed by atoms with E-state index in [-0.39, 0.29) is 16.7 Å². The van der Waals surface area contributed by atoms with E-state index in [0.29, 0.717) is 35.4 Å². The standard InChI is InChI=1S/C26H26ClN3O3S3/c1-2-19-10-6-12-21-24(19)28-26(34-21)30(16-18-8-4-3-5-9-18)25(31)20-11-7-15-29(17-20)36(32,33)23-14-13-22(27)35-23/h3-6,8-10,12-14,20H,2,7,11,15-17H2,1H3. The van der Waals surface area contributed by atoms with Crippen LogP contribution in [0.3, 0.4) is 0 Å². The van der Waals surface area contributed by atoms with E-state index in [1.807, 2.05) is 42.5 Å². The average molecular weight is 560 g/mol. The smallest absolute Gasteiger partial charge is 0.252 e. The number of aryl methyl sites for hydroxylation is 1. The first-order valence-corrected chi connectivity index (χ1v) is 15.3. The zero-order valence-electron chi connectivity index (χ0n) is 19.8. The highest BCUT2D eigenvalue weighted by atomic mass is 35.5. The van der Waals surface area contributed by atoms with Crippen molar-refractivity contribution >= 4 is 65.6 Å². The molecule has 0 spiro atoms. The first-order valence-electron chi connectivity index (χ1n) is 11.9. The lowest BCUT2D eigenvalue weighted by molar-refractivity contribution is -0.123. The van der Waals surface area contributed by atoms with Crippen molar-refractivity contribution in [3.8, 4) is 0 Å². The van der Waals surface area contributed by atoms with Crippen LogP contribution in [-0.4, -0.2) is 36.7 Å². The van der Waals surface area contributed by atoms with Gasteiger partial charge < -0.3 is 0 Å². The van der Waals surface area contributed by atoms with Crippen LogP contribution in [0.4, 0.5) is 5.13 Å². The third kappa shape index (κ3) is 5.08. The van der Waals surface area contributed by atoms with Gasteiger partial charge >= 0.3 is 0 Å². The summed E-state index contributed by atoms with van der Waals surface area (Å²) in [7, 11) is -3.70. The summed E-state index contributed by atoms with van der Waals surface area (Å²) in [5, 5.41) is 0.643. The number of benzene rings is 2. The number of nitrogens with zero attached hydrogens (tertiary/aromatic N) is 3. The van der Waals surface area contributed by atoms with Crippen LogP contribution in [0.5, 0.6) is 0 Å². The Bertz CT molecular complexity index is 1480. The molecule has 1 saturated heterocycles. The number of carbonyl (C=O) groups excluding carboxylic acids is 1. The number of anilines is 1. The van der Waals surface area contributed by atoms with Crippen LogP contribution in [0.15, 0.2) is 64.9 Å². The Hall–Kier alpha value is -2.30. The van der Waals surface area contributed by atoms with Crippen molar-refractivity contribution in [3.63, 3.8) is 0 Å². The van der Waals surface area contributed by atoms with E-state index >= 15 is 0 Å². The zero-order chi connectivity index (χ0) is 25.3. The molecule has 0 bridgehead atoms. The maximum atomic E-state index is 14.0. The van der Waals surface area contributed by atoms with Crippen molar-refractivity contribution in [2.45, 2.75) is 36.9 Å². The molecule has 0 saturated carbocycles. The summed E-state index contributed by atoms with van der Waals surface area (Å²) in [4.78, 5) is 20.6. The molecule has 2 aromatic heterocycles. The molecule has 6 nitrogen and oxygen atoms in total. The molecule has 3 heterocycles. The van der Waals surface area contributed by atoms with Crippen LogP contribution < -0.4 is 4.90 Å². The predicted molar refractivity (Wildman–Crippen MR) is 147 cm³/mol. The summed E-state index contributed by atoms with van der Waals surface area (Å²) in [6.45, 7) is 3.01. The van der Waals surface area contributed by atoms with Gasteiger partial charge in [0, 0.05) is 13.1 Å². The summed E-state index contributed by atoms with van der Waals surface area (Å²) in [5.74, 6) is -0.551. The number of thiophene rings is 1. The number of carbonyl (C=O) groups is 1. The lowest BCUT2D eigenvalue weighted by Crippen LogP contribution is -2.46. The summed E-state index contributed by atoms with van der Waals surface area (Å²) in [5.41, 5.74) is 3.06. The predicted octanol–water partition coefficient (Wildman–Crippen LogP) is 6.21. The fraction of sp³-hybridized carbons (Fsp3) is 0.308. The van der Waals surface area contributed by atoms with Crippen LogP contribution in [-0.2, 0) is 27.8 Å². The molecule has 188 valence electrons. The second kappa shape index (κ2) is 10.6. The minimum absolute atomic E-state index is 0.0972. The molecule has 1 amide bonds. The Morgan fingerprint density at radius 3 is 2.64 bits per heavy atom. The molecule has 1 atom stereocenters. The molecule has 2 aromatic carbocycles. The molecule has 1 unspecified atom stereocenters. The van der Waals surface area contributed by atoms with Crippen molar-refractivity contribution < 1.29 is 13.2 Å². The normalized spacial score (nSPS) is 16.9. The molecule has 1 fully saturated rings. The van der Waals surface area contributed by atoms with Crippen LogP contribution in [0.25, 0.3) is 10.2 Å². The number of rotatable bonds is 7. The van der Waals surface area contributed by atoms with Gasteiger partial charge in [0.2, 0.25) is 5.91 Å². The van der Waals surface area contributed by atoms with Crippen LogP contribution in [0.1, 0.15) is 30.9 Å². The largest absolute Gasteiger partial charge is 0.283 e. The Morgan fingerprint density at radius 2 is 1.92 bits per heavy atom. The second-order valence-electron chi connectivity index (χ2n) is 8.78. The number of piperidine rings is 1. The topological polar surface area (TPSA) is 70.6 Å². The Kier molecular flexibility index (Phi) is 7.46. The third-order valence-corrected chi connectivity index (χ3v) is 11.0. The van der Waals surface area contributed by atoms with Crippen LogP contribution in [0.2, 0.25) is 4.34 Å². The van der Waals surface area contributed by atoms with Gasteiger partial charge in [-0.15, -0.1) is 11.3 Å². The van der Waals surface area contributed by atoms with Crippen LogP contribution in [0, 0.1) is 5.92 Å². The Labute approximate surface area is 224 Å². The van der Waals surface area contributed by atoms with Gasteiger partial charge in [0.05, 0.1) is 27.0 Å². The summed E-state index contributed by atoms with van der Waals surface area (Å²) < 4.78 is 29.6. The summed E-state index contributed by atoms with van der Waals surface area (Å²) in [6, 6.07) is 19.1. The number of halogens is 1. The summed E-state index contributed by atoms with van der Waals surface area (Å²) in [6.07, 6.45) is 2.11. The molecule has 4 aromatic rings. The third-order valence-electron chi connectivity index (χ3n) is 6.43. The first-order chi connectivity index (χ1) is 17.4. The number of sulfonamides is 1. The van der Waals surface area contributed by atoms with Gasteiger partial charge in [-0.25, -0.2) is 13.4 Å². The number of thiazole rings is 1. The van der Waals surface area contributed by atoms with Gasteiger partial charge in [0.25, 0.3) is 10.0 Å². The van der Waals surface area contributed by atoms with Gasteiger partial charge in [0.15, 0.2) is 5.13 Å². The maximum absolute atomic E-state index is 14.0. The number of aromatic nitrogens is 1. The van der Waals surface area contributed by atoms with E-state index in [0.717, 1.165) is 39.1 Å². The molecular formula is C26H26ClN3O3S3. The van der Waals surface area contributed by atoms with Gasteiger partial charge in [-0.1, -0.05) is 72.3 Å². The minimum atomic E-state index is -3.70. The minimum Gasteiger partial charge on any atom is -0.283 e. The zero-order valence-corrected chi connectivity index (χ0v) is 23.0. The lowest BCUT2D eigenvalue weighted by Gasteiger charge is -2.33. The SMILES string of the molecule is CCc1cccc2sc(N(Cc3ccccc3)C(=O)C3CCCN(S(=O)(=O)c4ccc(Cl)s4)C3)nc12. The van der Waals surface area contributed by atoms with E-state index in [1.165, 1.54) is 21.7 Å². The van der Waals surface area contributed by atoms with Gasteiger partial charge in [-0.05, 0) is 48.6 Å². The molecule has 0 radical (unpaired) electrons. The lowest BCUT2D eigenvalue weighted by atomic mass is 9.98. The van der Waals surface area contributed by atoms with Crippen molar-refractivity contribution in [3.05, 3.63) is 76.1 Å². The highest BCUT2D eigenvalue weighted by Gasteiger charge is 2.37. The fourth-order valence-corrected chi connectivity index (χ4v) is 8.73. The number of fused-ring (bicyclic) bond motifs is 1. The van der Waals surface area contributed by atoms with Crippen molar-refractivity contribution in [2.24, 2.45) is 5.92 Å². The number of hydrogen-bond acceptors (Lipinski definition) is 6. The molecular weight excluding hydrogens is 534 g/mol. The molecule has 1 aliphatic rings. The summed E-state index contributed by atoms with van der Waals surface area (Å²) >= 11 is 8.54. The maximum Gasteiger partial charge on any atom is 0.252 e. The number of hydrogen-bond donors (Lipinski definition) is 0. The van der Waals surface area contributed by atoms with Crippen LogP contribution >= 0.6 is 34.3 Å². The first kappa shape index (κ1) is 25.4. The number of para-hydroxylation sites is 1. The van der Waals surface area contributed by atoms with E-state index in [4.69, 9.17) is 16.6 Å². The van der Waals surface area contributed by atoms with E-state index < -0.39 is 15.9 Å². The molecule has 5 rings (SSSR count). The fourth-order valence-electron chi connectivity index (χ4n) is 4.55. The molecule has 1 aliphatic heterocycles. The molecule has 0 aliphatic carbocycles. The molecule has 10 heteroatoms. The Morgan fingerprint density at radius 1 is 1.11 bits per heavy atom. The average Bonchev–Trinajstić information content (AvgIpc) is 3.54. The van der Waals surface area contributed by atoms with E-state index in [2.05, 4.69) is 13.0 Å². The van der Waals surface area contributed by atoms with E-state index in [9.17, 15) is 13.2 Å². The highest BCUT2D eigenvalue weighted by molar-refractivity contribution is 7.91. The molecule has 36 heavy (non-hydrogen) atoms. The Balaban J connectivity index is 1.47. The second-order valence-corrected chi connectivity index (χ2v) is 13.7. The van der Waals surface area contributed by atoms with Crippen molar-refractivity contribution in [1.82, 2.24) is 9.29 Å². The number of amides is 1. The monoisotopic (exact) mass is 559 g/mol. The quantitative estimate of drug-likeness (QED) is 0.270. The van der Waals surface area contributed by atoms with Crippen molar-refractivity contribution in [1.29, 1.82) is 0 Å². The highest BCUT2D eigenvalue weighted by Crippen LogP contribution is 2.35. The van der Waals surface area contributed by atoms with Gasteiger partial charge in [-0.2, -0.15) is 4.31 Å². The van der Waals surface area contributed by atoms with Gasteiger partial charge in [-0.3, -0.25) is 9.69 Å².